The molecule has 4 rings (SSSR count). The van der Waals surface area contributed by atoms with Gasteiger partial charge in [-0.15, -0.1) is 0 Å². The first kappa shape index (κ1) is 17.1. The van der Waals surface area contributed by atoms with Crippen molar-refractivity contribution in [3.63, 3.8) is 0 Å². The molecule has 2 saturated heterocycles. The number of rotatable bonds is 8. The van der Waals surface area contributed by atoms with Crippen LogP contribution in [-0.2, 0) is 9.47 Å². The molecule has 6 unspecified atom stereocenters. The zero-order valence-corrected chi connectivity index (χ0v) is 15.9. The second kappa shape index (κ2) is 8.33. The van der Waals surface area contributed by atoms with Crippen molar-refractivity contribution in [3.8, 4) is 0 Å². The molecular weight excluding hydrogens is 324 g/mol. The van der Waals surface area contributed by atoms with E-state index in [-0.39, 0.29) is 0 Å². The van der Waals surface area contributed by atoms with Gasteiger partial charge in [-0.05, 0) is 43.9 Å². The zero-order valence-electron chi connectivity index (χ0n) is 14.3. The largest absolute Gasteiger partial charge is 0.377 e. The lowest BCUT2D eigenvalue weighted by molar-refractivity contribution is -0.0471. The minimum atomic E-state index is 0.548. The molecule has 2 heterocycles. The number of thioether (sulfide) groups is 2. The van der Waals surface area contributed by atoms with E-state index in [1.807, 2.05) is 0 Å². The predicted molar refractivity (Wildman–Crippen MR) is 101 cm³/mol. The van der Waals surface area contributed by atoms with Gasteiger partial charge in [0.15, 0.2) is 0 Å². The van der Waals surface area contributed by atoms with Crippen molar-refractivity contribution in [2.75, 3.05) is 24.7 Å². The zero-order chi connectivity index (χ0) is 15.5. The molecule has 4 fully saturated rings. The summed E-state index contributed by atoms with van der Waals surface area (Å²) in [5.74, 6) is 4.26. The summed E-state index contributed by atoms with van der Waals surface area (Å²) in [5, 5.41) is 1.64. The fourth-order valence-corrected chi connectivity index (χ4v) is 5.32. The van der Waals surface area contributed by atoms with Gasteiger partial charge in [0, 0.05) is 22.0 Å². The highest BCUT2D eigenvalue weighted by molar-refractivity contribution is 8.07. The highest BCUT2D eigenvalue weighted by Crippen LogP contribution is 2.40. The molecule has 4 heteroatoms. The Morgan fingerprint density at radius 2 is 1.09 bits per heavy atom. The molecule has 0 aromatic carbocycles. The van der Waals surface area contributed by atoms with Gasteiger partial charge in [0.05, 0.1) is 25.4 Å². The third kappa shape index (κ3) is 5.29. The van der Waals surface area contributed by atoms with Crippen LogP contribution in [0.15, 0.2) is 0 Å². The molecule has 0 bridgehead atoms. The molecule has 23 heavy (non-hydrogen) atoms. The van der Waals surface area contributed by atoms with Crippen molar-refractivity contribution in [1.82, 2.24) is 0 Å². The van der Waals surface area contributed by atoms with E-state index < -0.39 is 0 Å². The molecular formula is C19H32O2S2. The normalized spacial score (nSPS) is 43.3. The Balaban J connectivity index is 1.28. The van der Waals surface area contributed by atoms with Crippen molar-refractivity contribution in [3.05, 3.63) is 0 Å². The maximum absolute atomic E-state index is 6.34. The molecule has 0 amide bonds. The lowest BCUT2D eigenvalue weighted by Crippen LogP contribution is -2.35. The van der Waals surface area contributed by atoms with Gasteiger partial charge in [0.25, 0.3) is 0 Å². The maximum atomic E-state index is 6.34. The lowest BCUT2D eigenvalue weighted by Gasteiger charge is -2.38. The molecule has 2 saturated carbocycles. The van der Waals surface area contributed by atoms with E-state index in [1.165, 1.54) is 69.3 Å². The van der Waals surface area contributed by atoms with E-state index in [0.29, 0.717) is 12.2 Å². The van der Waals surface area contributed by atoms with Crippen molar-refractivity contribution < 1.29 is 9.47 Å². The van der Waals surface area contributed by atoms with E-state index in [0.717, 1.165) is 35.5 Å². The van der Waals surface area contributed by atoms with Crippen LogP contribution in [0, 0.1) is 11.8 Å². The topological polar surface area (TPSA) is 18.5 Å². The lowest BCUT2D eigenvalue weighted by atomic mass is 9.75. The number of hydrogen-bond acceptors (Lipinski definition) is 4. The molecule has 0 aromatic rings. The van der Waals surface area contributed by atoms with Crippen molar-refractivity contribution in [1.29, 1.82) is 0 Å². The average Bonchev–Trinajstić information content (AvgIpc) is 3.48. The summed E-state index contributed by atoms with van der Waals surface area (Å²) in [6.45, 7) is 2.02. The quantitative estimate of drug-likeness (QED) is 0.584. The van der Waals surface area contributed by atoms with Crippen LogP contribution in [-0.4, -0.2) is 47.4 Å². The van der Waals surface area contributed by atoms with Crippen molar-refractivity contribution in [2.24, 2.45) is 11.8 Å². The van der Waals surface area contributed by atoms with Gasteiger partial charge in [0.1, 0.15) is 0 Å². The van der Waals surface area contributed by atoms with Crippen LogP contribution in [0.1, 0.15) is 57.8 Å². The maximum Gasteiger partial charge on any atom is 0.0603 e. The van der Waals surface area contributed by atoms with E-state index in [4.69, 9.17) is 9.47 Å². The number of hydrogen-bond donors (Lipinski definition) is 0. The van der Waals surface area contributed by atoms with E-state index in [1.54, 1.807) is 0 Å². The highest BCUT2D eigenvalue weighted by atomic mass is 32.2. The molecule has 2 aliphatic heterocycles. The molecule has 132 valence electrons. The van der Waals surface area contributed by atoms with Gasteiger partial charge in [-0.25, -0.2) is 0 Å². The Hall–Kier alpha value is 0.620. The molecule has 0 N–H and O–H groups in total. The molecule has 6 atom stereocenters. The Kier molecular flexibility index (Phi) is 6.18. The SMILES string of the molecule is C1CCC(OCC2CS2)C(CC2CCCCC2OCC2CS2)C1. The van der Waals surface area contributed by atoms with Crippen LogP contribution < -0.4 is 0 Å². The minimum absolute atomic E-state index is 0.548. The van der Waals surface area contributed by atoms with Gasteiger partial charge in [-0.3, -0.25) is 0 Å². The first-order chi connectivity index (χ1) is 11.4. The van der Waals surface area contributed by atoms with Gasteiger partial charge >= 0.3 is 0 Å². The standard InChI is InChI=1S/C19H32O2S2/c1-3-7-18(20-10-16-12-22-16)14(5-1)9-15-6-2-4-8-19(15)21-11-17-13-23-17/h14-19H,1-13H2. The molecule has 2 aliphatic carbocycles. The van der Waals surface area contributed by atoms with Crippen LogP contribution in [0.25, 0.3) is 0 Å². The van der Waals surface area contributed by atoms with Gasteiger partial charge < -0.3 is 9.47 Å². The molecule has 4 aliphatic rings. The fourth-order valence-electron chi connectivity index (χ4n) is 4.50. The molecule has 0 aromatic heterocycles. The van der Waals surface area contributed by atoms with Gasteiger partial charge in [0.2, 0.25) is 0 Å². The first-order valence-electron chi connectivity index (χ1n) is 9.85. The van der Waals surface area contributed by atoms with Gasteiger partial charge in [-0.1, -0.05) is 25.7 Å². The summed E-state index contributed by atoms with van der Waals surface area (Å²) in [7, 11) is 0. The summed E-state index contributed by atoms with van der Waals surface area (Å²) in [6, 6.07) is 0. The molecule has 0 spiro atoms. The first-order valence-corrected chi connectivity index (χ1v) is 11.9. The van der Waals surface area contributed by atoms with E-state index in [2.05, 4.69) is 23.5 Å². The Bertz CT molecular complexity index is 336. The second-order valence-electron chi connectivity index (χ2n) is 7.98. The van der Waals surface area contributed by atoms with Crippen molar-refractivity contribution >= 4 is 23.5 Å². The summed E-state index contributed by atoms with van der Waals surface area (Å²) >= 11 is 4.12. The third-order valence-electron chi connectivity index (χ3n) is 6.08. The second-order valence-corrected chi connectivity index (χ2v) is 10.6. The smallest absolute Gasteiger partial charge is 0.0603 e. The summed E-state index contributed by atoms with van der Waals surface area (Å²) in [6.07, 6.45) is 13.4. The Morgan fingerprint density at radius 1 is 0.652 bits per heavy atom. The minimum Gasteiger partial charge on any atom is -0.377 e. The monoisotopic (exact) mass is 356 g/mol. The van der Waals surface area contributed by atoms with E-state index in [9.17, 15) is 0 Å². The summed E-state index contributed by atoms with van der Waals surface area (Å²) < 4.78 is 12.7. The summed E-state index contributed by atoms with van der Waals surface area (Å²) in [5.41, 5.74) is 0. The Morgan fingerprint density at radius 3 is 1.52 bits per heavy atom. The highest BCUT2D eigenvalue weighted by Gasteiger charge is 2.35. The van der Waals surface area contributed by atoms with Crippen LogP contribution in [0.2, 0.25) is 0 Å². The Labute approximate surface area is 150 Å². The fraction of sp³-hybridized carbons (Fsp3) is 1.00. The average molecular weight is 357 g/mol. The van der Waals surface area contributed by atoms with Crippen LogP contribution in [0.4, 0.5) is 0 Å². The van der Waals surface area contributed by atoms with Crippen LogP contribution in [0.3, 0.4) is 0 Å². The third-order valence-corrected chi connectivity index (χ3v) is 7.96. The number of ether oxygens (including phenoxy) is 2. The van der Waals surface area contributed by atoms with Crippen LogP contribution in [0.5, 0.6) is 0 Å². The molecule has 0 radical (unpaired) electrons. The summed E-state index contributed by atoms with van der Waals surface area (Å²) in [4.78, 5) is 0. The predicted octanol–water partition coefficient (Wildman–Crippen LogP) is 4.76. The van der Waals surface area contributed by atoms with Crippen LogP contribution >= 0.6 is 23.5 Å². The van der Waals surface area contributed by atoms with E-state index >= 15 is 0 Å². The molecule has 2 nitrogen and oxygen atoms in total. The van der Waals surface area contributed by atoms with Crippen molar-refractivity contribution in [2.45, 2.75) is 80.5 Å². The van der Waals surface area contributed by atoms with Gasteiger partial charge in [-0.2, -0.15) is 23.5 Å².